The molecular formula is C22H22N4O2. The minimum absolute atomic E-state index is 0.199. The molecule has 0 aliphatic carbocycles. The van der Waals surface area contributed by atoms with E-state index in [-0.39, 0.29) is 17.7 Å². The molecule has 0 spiro atoms. The number of nitrogens with one attached hydrogen (secondary N) is 2. The molecule has 2 heterocycles. The summed E-state index contributed by atoms with van der Waals surface area (Å²) in [7, 11) is 0. The predicted molar refractivity (Wildman–Crippen MR) is 108 cm³/mol. The summed E-state index contributed by atoms with van der Waals surface area (Å²) in [4.78, 5) is 25.5. The Hall–Kier alpha value is -3.41. The fourth-order valence-electron chi connectivity index (χ4n) is 3.75. The molecule has 2 N–H and O–H groups in total. The van der Waals surface area contributed by atoms with Gasteiger partial charge in [-0.3, -0.25) is 9.59 Å². The molecule has 0 radical (unpaired) electrons. The van der Waals surface area contributed by atoms with Gasteiger partial charge in [-0.05, 0) is 38.1 Å². The van der Waals surface area contributed by atoms with Crippen LogP contribution in [0.1, 0.15) is 40.0 Å². The van der Waals surface area contributed by atoms with E-state index in [0.29, 0.717) is 11.4 Å². The number of benzene rings is 2. The van der Waals surface area contributed by atoms with Gasteiger partial charge in [0.15, 0.2) is 0 Å². The second-order valence-corrected chi connectivity index (χ2v) is 7.19. The van der Waals surface area contributed by atoms with Crippen molar-refractivity contribution in [2.24, 2.45) is 0 Å². The zero-order chi connectivity index (χ0) is 19.8. The quantitative estimate of drug-likeness (QED) is 0.738. The lowest BCUT2D eigenvalue weighted by Gasteiger charge is -2.30. The SMILES string of the molecule is Cc1cccc(C(=O)NC2C(=O)Nc3c(c(C)nn3-c3ccccc3)C2C)c1. The number of aryl methyl sites for hydroxylation is 2. The van der Waals surface area contributed by atoms with Crippen molar-refractivity contribution in [3.05, 3.63) is 77.0 Å². The van der Waals surface area contributed by atoms with Crippen LogP contribution in [0.4, 0.5) is 5.82 Å². The van der Waals surface area contributed by atoms with Crippen molar-refractivity contribution < 1.29 is 9.59 Å². The summed E-state index contributed by atoms with van der Waals surface area (Å²) in [6.07, 6.45) is 0. The summed E-state index contributed by atoms with van der Waals surface area (Å²) in [6.45, 7) is 5.80. The maximum absolute atomic E-state index is 12.8. The highest BCUT2D eigenvalue weighted by molar-refractivity contribution is 6.03. The molecule has 142 valence electrons. The molecule has 2 unspecified atom stereocenters. The molecule has 1 aliphatic heterocycles. The van der Waals surface area contributed by atoms with E-state index in [1.54, 1.807) is 10.7 Å². The summed E-state index contributed by atoms with van der Waals surface area (Å²) in [5.74, 6) is -0.0254. The maximum atomic E-state index is 12.8. The number of amides is 2. The van der Waals surface area contributed by atoms with Crippen LogP contribution in [0, 0.1) is 13.8 Å². The number of rotatable bonds is 3. The van der Waals surface area contributed by atoms with Crippen molar-refractivity contribution in [3.63, 3.8) is 0 Å². The monoisotopic (exact) mass is 374 g/mol. The van der Waals surface area contributed by atoms with Gasteiger partial charge in [0, 0.05) is 17.0 Å². The van der Waals surface area contributed by atoms with Gasteiger partial charge in [-0.2, -0.15) is 5.10 Å². The number of aromatic nitrogens is 2. The number of hydrogen-bond donors (Lipinski definition) is 2. The first-order valence-corrected chi connectivity index (χ1v) is 9.29. The van der Waals surface area contributed by atoms with Crippen LogP contribution in [0.15, 0.2) is 54.6 Å². The molecule has 3 aromatic rings. The third-order valence-electron chi connectivity index (χ3n) is 5.15. The number of para-hydroxylation sites is 1. The molecule has 1 aliphatic rings. The molecule has 0 fully saturated rings. The van der Waals surface area contributed by atoms with Gasteiger partial charge in [-0.15, -0.1) is 0 Å². The molecule has 1 aromatic heterocycles. The first-order chi connectivity index (χ1) is 13.5. The molecule has 2 amide bonds. The lowest BCUT2D eigenvalue weighted by atomic mass is 9.89. The molecule has 4 rings (SSSR count). The molecule has 28 heavy (non-hydrogen) atoms. The van der Waals surface area contributed by atoms with Gasteiger partial charge < -0.3 is 10.6 Å². The lowest BCUT2D eigenvalue weighted by Crippen LogP contribution is -2.49. The second kappa shape index (κ2) is 6.96. The van der Waals surface area contributed by atoms with Crippen LogP contribution < -0.4 is 10.6 Å². The minimum atomic E-state index is -0.660. The first kappa shape index (κ1) is 18.0. The number of carbonyl (C=O) groups is 2. The van der Waals surface area contributed by atoms with Crippen molar-refractivity contribution in [2.45, 2.75) is 32.7 Å². The van der Waals surface area contributed by atoms with E-state index in [9.17, 15) is 9.59 Å². The van der Waals surface area contributed by atoms with Crippen LogP contribution in [-0.4, -0.2) is 27.6 Å². The van der Waals surface area contributed by atoms with Gasteiger partial charge in [-0.25, -0.2) is 4.68 Å². The fourth-order valence-corrected chi connectivity index (χ4v) is 3.75. The molecule has 6 nitrogen and oxygen atoms in total. The zero-order valence-corrected chi connectivity index (χ0v) is 16.1. The molecule has 0 bridgehead atoms. The Morgan fingerprint density at radius 2 is 1.86 bits per heavy atom. The summed E-state index contributed by atoms with van der Waals surface area (Å²) in [5.41, 5.74) is 4.19. The van der Waals surface area contributed by atoms with Crippen molar-refractivity contribution in [1.82, 2.24) is 15.1 Å². The molecule has 2 atom stereocenters. The maximum Gasteiger partial charge on any atom is 0.251 e. The number of fused-ring (bicyclic) bond motifs is 1. The third-order valence-corrected chi connectivity index (χ3v) is 5.15. The van der Waals surface area contributed by atoms with Crippen molar-refractivity contribution >= 4 is 17.6 Å². The Bertz CT molecular complexity index is 1060. The van der Waals surface area contributed by atoms with E-state index in [4.69, 9.17) is 0 Å². The van der Waals surface area contributed by atoms with Crippen LogP contribution in [-0.2, 0) is 4.79 Å². The van der Waals surface area contributed by atoms with E-state index in [2.05, 4.69) is 15.7 Å². The summed E-state index contributed by atoms with van der Waals surface area (Å²) >= 11 is 0. The van der Waals surface area contributed by atoms with Gasteiger partial charge >= 0.3 is 0 Å². The number of carbonyl (C=O) groups excluding carboxylic acids is 2. The van der Waals surface area contributed by atoms with Crippen molar-refractivity contribution in [3.8, 4) is 5.69 Å². The molecule has 2 aromatic carbocycles. The molecular weight excluding hydrogens is 352 g/mol. The average molecular weight is 374 g/mol. The Kier molecular flexibility index (Phi) is 4.47. The average Bonchev–Trinajstić information content (AvgIpc) is 3.02. The van der Waals surface area contributed by atoms with Crippen molar-refractivity contribution in [1.29, 1.82) is 0 Å². The largest absolute Gasteiger partial charge is 0.340 e. The Balaban J connectivity index is 1.66. The van der Waals surface area contributed by atoms with Crippen LogP contribution in [0.25, 0.3) is 5.69 Å². The molecule has 0 saturated carbocycles. The van der Waals surface area contributed by atoms with Crippen LogP contribution in [0.2, 0.25) is 0 Å². The lowest BCUT2D eigenvalue weighted by molar-refractivity contribution is -0.118. The number of nitrogens with zero attached hydrogens (tertiary/aromatic N) is 2. The Morgan fingerprint density at radius 1 is 1.11 bits per heavy atom. The van der Waals surface area contributed by atoms with Gasteiger partial charge in [0.25, 0.3) is 5.91 Å². The fraction of sp³-hybridized carbons (Fsp3) is 0.227. The Labute approximate surface area is 163 Å². The van der Waals surface area contributed by atoms with E-state index < -0.39 is 6.04 Å². The number of anilines is 1. The van der Waals surface area contributed by atoms with Gasteiger partial charge in [0.1, 0.15) is 11.9 Å². The van der Waals surface area contributed by atoms with Gasteiger partial charge in [0.2, 0.25) is 5.91 Å². The molecule has 6 heteroatoms. The van der Waals surface area contributed by atoms with Gasteiger partial charge in [0.05, 0.1) is 11.4 Å². The summed E-state index contributed by atoms with van der Waals surface area (Å²) < 4.78 is 1.75. The first-order valence-electron chi connectivity index (χ1n) is 9.29. The topological polar surface area (TPSA) is 76.0 Å². The van der Waals surface area contributed by atoms with Crippen molar-refractivity contribution in [2.75, 3.05) is 5.32 Å². The highest BCUT2D eigenvalue weighted by atomic mass is 16.2. The summed E-state index contributed by atoms with van der Waals surface area (Å²) in [6, 6.07) is 16.3. The zero-order valence-electron chi connectivity index (χ0n) is 16.1. The predicted octanol–water partition coefficient (Wildman–Crippen LogP) is 3.34. The molecule has 0 saturated heterocycles. The normalized spacial score (nSPS) is 18.3. The van der Waals surface area contributed by atoms with E-state index >= 15 is 0 Å². The second-order valence-electron chi connectivity index (χ2n) is 7.19. The van der Waals surface area contributed by atoms with E-state index in [0.717, 1.165) is 22.5 Å². The van der Waals surface area contributed by atoms with Crippen LogP contribution in [0.3, 0.4) is 0 Å². The smallest absolute Gasteiger partial charge is 0.251 e. The highest BCUT2D eigenvalue weighted by Gasteiger charge is 2.38. The van der Waals surface area contributed by atoms with E-state index in [1.165, 1.54) is 0 Å². The van der Waals surface area contributed by atoms with E-state index in [1.807, 2.05) is 69.3 Å². The Morgan fingerprint density at radius 3 is 2.57 bits per heavy atom. The van der Waals surface area contributed by atoms with Crippen LogP contribution >= 0.6 is 0 Å². The highest BCUT2D eigenvalue weighted by Crippen LogP contribution is 2.36. The van der Waals surface area contributed by atoms with Crippen LogP contribution in [0.5, 0.6) is 0 Å². The number of hydrogen-bond acceptors (Lipinski definition) is 3. The summed E-state index contributed by atoms with van der Waals surface area (Å²) in [5, 5.41) is 10.5. The van der Waals surface area contributed by atoms with Gasteiger partial charge in [-0.1, -0.05) is 42.8 Å². The minimum Gasteiger partial charge on any atom is -0.340 e. The third kappa shape index (κ3) is 3.07. The standard InChI is InChI=1S/C22H22N4O2/c1-13-8-7-9-16(12-13)21(27)23-19-14(2)18-15(3)25-26(20(18)24-22(19)28)17-10-5-4-6-11-17/h4-12,14,19H,1-3H3,(H,23,27)(H,24,28).